The van der Waals surface area contributed by atoms with Crippen molar-refractivity contribution < 1.29 is 9.18 Å². The molecule has 5 nitrogen and oxygen atoms in total. The van der Waals surface area contributed by atoms with Crippen LogP contribution in [0.3, 0.4) is 0 Å². The third-order valence-corrected chi connectivity index (χ3v) is 5.28. The average Bonchev–Trinajstić information content (AvgIpc) is 3.09. The largest absolute Gasteiger partial charge is 0.323 e. The fourth-order valence-electron chi connectivity index (χ4n) is 3.48. The van der Waals surface area contributed by atoms with Crippen LogP contribution in [-0.2, 0) is 6.54 Å². The van der Waals surface area contributed by atoms with E-state index in [9.17, 15) is 14.0 Å². The molecule has 0 saturated carbocycles. The fourth-order valence-corrected chi connectivity index (χ4v) is 3.61. The van der Waals surface area contributed by atoms with Gasteiger partial charge in [0, 0.05) is 30.2 Å². The Hall–Kier alpha value is -2.67. The summed E-state index contributed by atoms with van der Waals surface area (Å²) < 4.78 is 13.1. The highest BCUT2D eigenvalue weighted by atomic mass is 35.5. The van der Waals surface area contributed by atoms with Gasteiger partial charge in [0.2, 0.25) is 5.78 Å². The normalized spacial score (nSPS) is 14.1. The number of nitrogens with zero attached hydrogens (tertiary/aromatic N) is 1. The van der Waals surface area contributed by atoms with Crippen LogP contribution in [0.2, 0.25) is 5.02 Å². The number of carbonyl (C=O) groups is 1. The highest BCUT2D eigenvalue weighted by molar-refractivity contribution is 6.30. The highest BCUT2D eigenvalue weighted by Gasteiger charge is 2.21. The molecule has 156 valence electrons. The van der Waals surface area contributed by atoms with Gasteiger partial charge in [-0.2, -0.15) is 0 Å². The van der Waals surface area contributed by atoms with Crippen molar-refractivity contribution in [2.24, 2.45) is 0 Å². The number of aromatic amines is 2. The monoisotopic (exact) mass is 447 g/mol. The molecule has 4 rings (SSSR count). The summed E-state index contributed by atoms with van der Waals surface area (Å²) in [4.78, 5) is 32.0. The molecule has 0 fully saturated rings. The minimum Gasteiger partial charge on any atom is -0.308 e. The predicted octanol–water partition coefficient (Wildman–Crippen LogP) is 4.44. The molecule has 3 aromatic rings. The van der Waals surface area contributed by atoms with E-state index in [2.05, 4.69) is 20.9 Å². The molecular formula is C22H20Cl2FN3O2. The number of halogens is 3. The molecule has 2 aromatic carbocycles. The Morgan fingerprint density at radius 1 is 1.07 bits per heavy atom. The topological polar surface area (TPSA) is 69.0 Å². The molecule has 0 aliphatic carbocycles. The van der Waals surface area contributed by atoms with Gasteiger partial charge >= 0.3 is 5.69 Å². The number of hydrogen-bond donors (Lipinski definition) is 2. The van der Waals surface area contributed by atoms with E-state index in [-0.39, 0.29) is 23.9 Å². The summed E-state index contributed by atoms with van der Waals surface area (Å²) in [5.41, 5.74) is 3.05. The van der Waals surface area contributed by atoms with Crippen LogP contribution >= 0.6 is 24.0 Å². The minimum atomic E-state index is -0.431. The van der Waals surface area contributed by atoms with Crippen LogP contribution in [0, 0.1) is 5.82 Å². The number of nitrogens with one attached hydrogen (secondary N) is 2. The maximum absolute atomic E-state index is 13.1. The zero-order chi connectivity index (χ0) is 20.4. The Balaban J connectivity index is 0.00000256. The first kappa shape index (κ1) is 22.0. The van der Waals surface area contributed by atoms with Crippen LogP contribution < -0.4 is 5.69 Å². The average molecular weight is 448 g/mol. The lowest BCUT2D eigenvalue weighted by Gasteiger charge is -2.26. The molecule has 0 radical (unpaired) electrons. The Bertz CT molecular complexity index is 1120. The number of ketones is 1. The lowest BCUT2D eigenvalue weighted by atomic mass is 9.99. The Morgan fingerprint density at radius 3 is 2.40 bits per heavy atom. The van der Waals surface area contributed by atoms with Crippen molar-refractivity contribution in [1.82, 2.24) is 14.9 Å². The quantitative estimate of drug-likeness (QED) is 0.568. The van der Waals surface area contributed by atoms with Crippen molar-refractivity contribution >= 4 is 35.4 Å². The van der Waals surface area contributed by atoms with Gasteiger partial charge in [-0.05, 0) is 54.0 Å². The summed E-state index contributed by atoms with van der Waals surface area (Å²) in [6.45, 7) is 1.94. The molecule has 2 heterocycles. The van der Waals surface area contributed by atoms with Gasteiger partial charge < -0.3 is 9.97 Å². The maximum Gasteiger partial charge on any atom is 0.323 e. The van der Waals surface area contributed by atoms with Gasteiger partial charge in [0.15, 0.2) is 0 Å². The molecule has 2 N–H and O–H groups in total. The van der Waals surface area contributed by atoms with Crippen molar-refractivity contribution in [1.29, 1.82) is 0 Å². The lowest BCUT2D eigenvalue weighted by molar-refractivity contribution is 0.103. The van der Waals surface area contributed by atoms with Gasteiger partial charge in [-0.1, -0.05) is 29.8 Å². The molecule has 0 saturated heterocycles. The Kier molecular flexibility index (Phi) is 6.92. The summed E-state index contributed by atoms with van der Waals surface area (Å²) >= 11 is 5.95. The minimum absolute atomic E-state index is 0. The molecule has 1 aliphatic heterocycles. The molecule has 0 bridgehead atoms. The van der Waals surface area contributed by atoms with Crippen molar-refractivity contribution in [2.75, 3.05) is 13.1 Å². The Morgan fingerprint density at radius 2 is 1.77 bits per heavy atom. The number of rotatable bonds is 5. The maximum atomic E-state index is 13.1. The molecule has 8 heteroatoms. The van der Waals surface area contributed by atoms with Gasteiger partial charge in [-0.15, -0.1) is 12.4 Å². The standard InChI is InChI=1S/C22H19ClFN3O2.ClH/c23-17-5-1-14(2-6-17)15-9-11-27(12-10-15)13-19-20(26-22(29)25-19)21(28)16-3-7-18(24)8-4-16;/h1-9H,10-13H2,(H2,25,26,29);1H. The molecule has 30 heavy (non-hydrogen) atoms. The van der Waals surface area contributed by atoms with E-state index in [1.165, 1.54) is 29.8 Å². The number of benzene rings is 2. The first-order valence-electron chi connectivity index (χ1n) is 9.28. The fraction of sp³-hybridized carbons (Fsp3) is 0.182. The second-order valence-corrected chi connectivity index (χ2v) is 7.43. The number of hydrogen-bond acceptors (Lipinski definition) is 3. The van der Waals surface area contributed by atoms with Crippen LogP contribution in [-0.4, -0.2) is 33.7 Å². The summed E-state index contributed by atoms with van der Waals surface area (Å²) in [6.07, 6.45) is 3.01. The highest BCUT2D eigenvalue weighted by Crippen LogP contribution is 2.24. The van der Waals surface area contributed by atoms with E-state index in [4.69, 9.17) is 11.6 Å². The molecule has 1 aromatic heterocycles. The molecule has 0 atom stereocenters. The van der Waals surface area contributed by atoms with Crippen LogP contribution in [0.25, 0.3) is 5.57 Å². The molecular weight excluding hydrogens is 428 g/mol. The summed E-state index contributed by atoms with van der Waals surface area (Å²) in [5, 5.41) is 0.710. The Labute approximate surface area is 184 Å². The number of H-pyrrole nitrogens is 2. The molecule has 0 spiro atoms. The van der Waals surface area contributed by atoms with Gasteiger partial charge in [0.05, 0.1) is 5.69 Å². The van der Waals surface area contributed by atoms with E-state index < -0.39 is 11.5 Å². The van der Waals surface area contributed by atoms with Crippen LogP contribution in [0.1, 0.15) is 33.7 Å². The van der Waals surface area contributed by atoms with E-state index in [0.29, 0.717) is 29.4 Å². The predicted molar refractivity (Wildman–Crippen MR) is 118 cm³/mol. The van der Waals surface area contributed by atoms with Gasteiger partial charge in [-0.3, -0.25) is 9.69 Å². The zero-order valence-corrected chi connectivity index (χ0v) is 17.5. The zero-order valence-electron chi connectivity index (χ0n) is 16.0. The van der Waals surface area contributed by atoms with Gasteiger partial charge in [-0.25, -0.2) is 9.18 Å². The van der Waals surface area contributed by atoms with Crippen molar-refractivity contribution in [3.63, 3.8) is 0 Å². The number of aromatic nitrogens is 2. The van der Waals surface area contributed by atoms with Crippen LogP contribution in [0.15, 0.2) is 59.4 Å². The first-order chi connectivity index (χ1) is 14.0. The van der Waals surface area contributed by atoms with Crippen LogP contribution in [0.4, 0.5) is 4.39 Å². The number of imidazole rings is 1. The van der Waals surface area contributed by atoms with E-state index in [1.807, 2.05) is 24.3 Å². The van der Waals surface area contributed by atoms with Crippen molar-refractivity contribution in [3.05, 3.63) is 98.4 Å². The molecule has 0 amide bonds. The first-order valence-corrected chi connectivity index (χ1v) is 9.66. The summed E-state index contributed by atoms with van der Waals surface area (Å²) in [5.74, 6) is -0.756. The van der Waals surface area contributed by atoms with Gasteiger partial charge in [0.1, 0.15) is 11.5 Å². The third-order valence-electron chi connectivity index (χ3n) is 5.03. The van der Waals surface area contributed by atoms with Crippen molar-refractivity contribution in [3.8, 4) is 0 Å². The SMILES string of the molecule is Cl.O=C(c1ccc(F)cc1)c1[nH]c(=O)[nH]c1CN1CC=C(c2ccc(Cl)cc2)CC1. The number of carbonyl (C=O) groups excluding carboxylic acids is 1. The van der Waals surface area contributed by atoms with E-state index in [0.717, 1.165) is 18.5 Å². The van der Waals surface area contributed by atoms with E-state index >= 15 is 0 Å². The summed E-state index contributed by atoms with van der Waals surface area (Å²) in [7, 11) is 0. The lowest BCUT2D eigenvalue weighted by Crippen LogP contribution is -2.29. The smallest absolute Gasteiger partial charge is 0.308 e. The second-order valence-electron chi connectivity index (χ2n) is 6.99. The third kappa shape index (κ3) is 4.90. The second kappa shape index (κ2) is 9.43. The summed E-state index contributed by atoms with van der Waals surface area (Å²) in [6, 6.07) is 13.0. The van der Waals surface area contributed by atoms with Crippen LogP contribution in [0.5, 0.6) is 0 Å². The van der Waals surface area contributed by atoms with Gasteiger partial charge in [0.25, 0.3) is 0 Å². The molecule has 0 unspecified atom stereocenters. The molecule has 1 aliphatic rings. The van der Waals surface area contributed by atoms with E-state index in [1.54, 1.807) is 0 Å². The van der Waals surface area contributed by atoms with Crippen molar-refractivity contribution in [2.45, 2.75) is 13.0 Å².